The predicted molar refractivity (Wildman–Crippen MR) is 34.3 cm³/mol. The normalized spacial score (nSPS) is 9.75. The maximum absolute atomic E-state index is 9.79. The summed E-state index contributed by atoms with van der Waals surface area (Å²) in [7, 11) is -3.94. The van der Waals surface area contributed by atoms with Crippen molar-refractivity contribution in [2.45, 2.75) is 6.92 Å². The van der Waals surface area contributed by atoms with Crippen LogP contribution in [0.3, 0.4) is 0 Å². The van der Waals surface area contributed by atoms with Crippen LogP contribution in [-0.4, -0.2) is 36.0 Å². The van der Waals surface area contributed by atoms with Gasteiger partial charge in [-0.3, -0.25) is 4.55 Å². The van der Waals surface area contributed by atoms with Crippen LogP contribution in [0.4, 0.5) is 0 Å². The molecule has 0 atom stereocenters. The van der Waals surface area contributed by atoms with Gasteiger partial charge in [0, 0.05) is 0 Å². The summed E-state index contributed by atoms with van der Waals surface area (Å²) >= 11 is 0. The van der Waals surface area contributed by atoms with Gasteiger partial charge >= 0.3 is 23.1 Å². The van der Waals surface area contributed by atoms with Crippen molar-refractivity contribution in [3.8, 4) is 0 Å². The van der Waals surface area contributed by atoms with Crippen LogP contribution in [0.5, 0.6) is 0 Å². The van der Waals surface area contributed by atoms with E-state index in [4.69, 9.17) is 4.55 Å². The topological polar surface area (TPSA) is 54.4 Å². The second-order valence-electron chi connectivity index (χ2n) is 1.18. The minimum Gasteiger partial charge on any atom is -1.00 e. The van der Waals surface area contributed by atoms with E-state index in [2.05, 4.69) is 6.58 Å². The van der Waals surface area contributed by atoms with Gasteiger partial charge in [0.15, 0.2) is 0 Å². The molecule has 0 aromatic carbocycles. The van der Waals surface area contributed by atoms with Crippen LogP contribution >= 0.6 is 0 Å². The summed E-state index contributed by atoms with van der Waals surface area (Å²) in [6.07, 6.45) is 0. The SMILES string of the molecule is C=C(C)S(=O)(=O)O.[H-].[H-].[Mg+2]. The van der Waals surface area contributed by atoms with E-state index in [1.54, 1.807) is 0 Å². The predicted octanol–water partition coefficient (Wildman–Crippen LogP) is 0.252. The van der Waals surface area contributed by atoms with Gasteiger partial charge in [-0.05, 0) is 6.92 Å². The summed E-state index contributed by atoms with van der Waals surface area (Å²) < 4.78 is 27.5. The molecule has 0 aliphatic rings. The van der Waals surface area contributed by atoms with Crippen molar-refractivity contribution in [1.29, 1.82) is 0 Å². The van der Waals surface area contributed by atoms with Gasteiger partial charge in [-0.2, -0.15) is 8.42 Å². The summed E-state index contributed by atoms with van der Waals surface area (Å²) in [5.74, 6) is 0. The second kappa shape index (κ2) is 3.44. The molecule has 0 bridgehead atoms. The fraction of sp³-hybridized carbons (Fsp3) is 0.333. The molecule has 0 saturated heterocycles. The summed E-state index contributed by atoms with van der Waals surface area (Å²) in [5, 5.41) is 0. The summed E-state index contributed by atoms with van der Waals surface area (Å²) in [6, 6.07) is 0. The Balaban J connectivity index is -0.0000000600. The molecule has 0 amide bonds. The third-order valence-electron chi connectivity index (χ3n) is 0.440. The molecule has 0 aromatic heterocycles. The van der Waals surface area contributed by atoms with Crippen molar-refractivity contribution in [2.24, 2.45) is 0 Å². The first-order valence-corrected chi connectivity index (χ1v) is 3.01. The minimum atomic E-state index is -3.94. The van der Waals surface area contributed by atoms with Crippen molar-refractivity contribution in [3.63, 3.8) is 0 Å². The number of hydrogen-bond donors (Lipinski definition) is 1. The van der Waals surface area contributed by atoms with Gasteiger partial charge in [-0.1, -0.05) is 6.58 Å². The molecule has 0 spiro atoms. The molecular weight excluding hydrogens is 140 g/mol. The van der Waals surface area contributed by atoms with E-state index in [9.17, 15) is 8.42 Å². The van der Waals surface area contributed by atoms with Crippen LogP contribution in [0.1, 0.15) is 9.78 Å². The molecule has 5 heteroatoms. The maximum Gasteiger partial charge on any atom is 2.00 e. The van der Waals surface area contributed by atoms with Crippen LogP contribution in [0.2, 0.25) is 0 Å². The van der Waals surface area contributed by atoms with Gasteiger partial charge in [0.2, 0.25) is 0 Å². The van der Waals surface area contributed by atoms with Gasteiger partial charge in [-0.25, -0.2) is 0 Å². The Morgan fingerprint density at radius 3 is 1.88 bits per heavy atom. The smallest absolute Gasteiger partial charge is 1.00 e. The number of hydrogen-bond acceptors (Lipinski definition) is 2. The van der Waals surface area contributed by atoms with Gasteiger partial charge in [0.1, 0.15) is 0 Å². The van der Waals surface area contributed by atoms with Crippen LogP contribution in [0.25, 0.3) is 0 Å². The molecular formula is C3H8MgO3S. The summed E-state index contributed by atoms with van der Waals surface area (Å²) in [6.45, 7) is 4.21. The summed E-state index contributed by atoms with van der Waals surface area (Å²) in [5.41, 5.74) is 0. The van der Waals surface area contributed by atoms with Crippen LogP contribution in [0, 0.1) is 0 Å². The fourth-order valence-corrected chi connectivity index (χ4v) is 0. The Hall–Kier alpha value is 0.416. The van der Waals surface area contributed by atoms with Crippen LogP contribution < -0.4 is 0 Å². The van der Waals surface area contributed by atoms with Crippen LogP contribution in [-0.2, 0) is 10.1 Å². The molecule has 0 fully saturated rings. The third-order valence-corrected chi connectivity index (χ3v) is 1.32. The first-order chi connectivity index (χ1) is 2.94. The molecule has 0 aromatic rings. The molecule has 3 nitrogen and oxygen atoms in total. The van der Waals surface area contributed by atoms with Crippen LogP contribution in [0.15, 0.2) is 11.5 Å². The third kappa shape index (κ3) is 4.57. The minimum absolute atomic E-state index is 0. The average Bonchev–Trinajstić information content (AvgIpc) is 1.31. The van der Waals surface area contributed by atoms with Gasteiger partial charge < -0.3 is 2.85 Å². The van der Waals surface area contributed by atoms with E-state index in [0.717, 1.165) is 0 Å². The zero-order valence-corrected chi connectivity index (χ0v) is 6.82. The Morgan fingerprint density at radius 2 is 1.88 bits per heavy atom. The van der Waals surface area contributed by atoms with E-state index in [1.165, 1.54) is 6.92 Å². The second-order valence-corrected chi connectivity index (χ2v) is 2.82. The Morgan fingerprint density at radius 1 is 1.75 bits per heavy atom. The zero-order chi connectivity index (χ0) is 6.08. The molecule has 0 heterocycles. The van der Waals surface area contributed by atoms with Gasteiger partial charge in [0.05, 0.1) is 4.91 Å². The standard InChI is InChI=1S/C3H6O3S.Mg.2H/c1-3(2)7(4,5)6;;;/h1H2,2H3,(H,4,5,6);;;/q;+2;2*-1. The summed E-state index contributed by atoms with van der Waals surface area (Å²) in [4.78, 5) is -0.229. The van der Waals surface area contributed by atoms with Crippen molar-refractivity contribution < 1.29 is 15.8 Å². The molecule has 0 saturated carbocycles. The first kappa shape index (κ1) is 11.2. The van der Waals surface area contributed by atoms with Gasteiger partial charge in [0.25, 0.3) is 10.1 Å². The van der Waals surface area contributed by atoms with E-state index in [1.807, 2.05) is 0 Å². The van der Waals surface area contributed by atoms with E-state index < -0.39 is 10.1 Å². The molecule has 0 unspecified atom stereocenters. The first-order valence-electron chi connectivity index (χ1n) is 1.57. The quantitative estimate of drug-likeness (QED) is 0.428. The average molecular weight is 148 g/mol. The maximum atomic E-state index is 9.79. The van der Waals surface area contributed by atoms with Crippen molar-refractivity contribution in [1.82, 2.24) is 0 Å². The molecule has 0 aliphatic heterocycles. The van der Waals surface area contributed by atoms with Crippen molar-refractivity contribution in [3.05, 3.63) is 11.5 Å². The van der Waals surface area contributed by atoms with Gasteiger partial charge in [-0.15, -0.1) is 0 Å². The van der Waals surface area contributed by atoms with E-state index in [-0.39, 0.29) is 30.8 Å². The van der Waals surface area contributed by atoms with E-state index >= 15 is 0 Å². The zero-order valence-electron chi connectivity index (χ0n) is 6.59. The monoisotopic (exact) mass is 148 g/mol. The molecule has 0 radical (unpaired) electrons. The largest absolute Gasteiger partial charge is 2.00 e. The molecule has 8 heavy (non-hydrogen) atoms. The van der Waals surface area contributed by atoms with E-state index in [0.29, 0.717) is 0 Å². The number of allylic oxidation sites excluding steroid dienone is 1. The Labute approximate surface area is 67.6 Å². The van der Waals surface area contributed by atoms with Crippen molar-refractivity contribution >= 4 is 33.2 Å². The Bertz CT molecular complexity index is 176. The fourth-order valence-electron chi connectivity index (χ4n) is 0. The Kier molecular flexibility index (Phi) is 4.84. The van der Waals surface area contributed by atoms with Crippen molar-refractivity contribution in [2.75, 3.05) is 0 Å². The number of rotatable bonds is 1. The molecule has 0 rings (SSSR count). The molecule has 0 aliphatic carbocycles. The molecule has 46 valence electrons. The molecule has 1 N–H and O–H groups in total.